The van der Waals surface area contributed by atoms with Crippen molar-refractivity contribution in [3.8, 4) is 0 Å². The minimum absolute atomic E-state index is 0.0303. The summed E-state index contributed by atoms with van der Waals surface area (Å²) in [4.78, 5) is 12.0. The normalized spacial score (nSPS) is 11.3. The van der Waals surface area contributed by atoms with Crippen LogP contribution in [0.1, 0.15) is 27.0 Å². The number of alkyl halides is 3. The van der Waals surface area contributed by atoms with Gasteiger partial charge in [0, 0.05) is 19.2 Å². The molecule has 0 spiro atoms. The molecule has 0 radical (unpaired) electrons. The third-order valence-corrected chi connectivity index (χ3v) is 3.23. The van der Waals surface area contributed by atoms with Crippen LogP contribution >= 0.6 is 0 Å². The zero-order valence-electron chi connectivity index (χ0n) is 12.5. The predicted molar refractivity (Wildman–Crippen MR) is 79.8 cm³/mol. The summed E-state index contributed by atoms with van der Waals surface area (Å²) in [5.74, 6) is -0.341. The maximum absolute atomic E-state index is 12.6. The van der Waals surface area contributed by atoms with E-state index in [2.05, 4.69) is 5.32 Å². The zero-order valence-corrected chi connectivity index (χ0v) is 12.5. The van der Waals surface area contributed by atoms with Gasteiger partial charge in [-0.1, -0.05) is 24.3 Å². The molecule has 0 heterocycles. The number of carbonyl (C=O) groups is 1. The summed E-state index contributed by atoms with van der Waals surface area (Å²) < 4.78 is 42.9. The van der Waals surface area contributed by atoms with Crippen molar-refractivity contribution in [1.29, 1.82) is 0 Å². The number of halogens is 3. The number of benzene rings is 2. The topological polar surface area (TPSA) is 38.3 Å². The van der Waals surface area contributed by atoms with Gasteiger partial charge in [0.2, 0.25) is 0 Å². The van der Waals surface area contributed by atoms with Gasteiger partial charge >= 0.3 is 6.18 Å². The second-order valence-electron chi connectivity index (χ2n) is 5.01. The van der Waals surface area contributed by atoms with Gasteiger partial charge in [-0.05, 0) is 35.4 Å². The molecule has 2 rings (SSSR count). The third-order valence-electron chi connectivity index (χ3n) is 3.23. The van der Waals surface area contributed by atoms with Crippen LogP contribution < -0.4 is 5.32 Å². The SMILES string of the molecule is COCc1ccc(C(=O)NCc2cccc(C(F)(F)F)c2)cc1. The van der Waals surface area contributed by atoms with Gasteiger partial charge in [-0.3, -0.25) is 4.79 Å². The number of methoxy groups -OCH3 is 1. The Balaban J connectivity index is 1.99. The van der Waals surface area contributed by atoms with Gasteiger partial charge in [-0.2, -0.15) is 13.2 Å². The molecule has 2 aromatic carbocycles. The molecule has 2 aromatic rings. The molecule has 0 bridgehead atoms. The number of ether oxygens (including phenoxy) is 1. The lowest BCUT2D eigenvalue weighted by Gasteiger charge is -2.10. The molecule has 0 aliphatic rings. The standard InChI is InChI=1S/C17H16F3NO2/c1-23-11-12-5-7-14(8-6-12)16(22)21-10-13-3-2-4-15(9-13)17(18,19)20/h2-9H,10-11H2,1H3,(H,21,22). The second-order valence-corrected chi connectivity index (χ2v) is 5.01. The summed E-state index contributed by atoms with van der Waals surface area (Å²) in [6.45, 7) is 0.481. The van der Waals surface area contributed by atoms with Crippen LogP contribution in [-0.4, -0.2) is 13.0 Å². The first-order valence-electron chi connectivity index (χ1n) is 6.92. The first-order valence-corrected chi connectivity index (χ1v) is 6.92. The van der Waals surface area contributed by atoms with Crippen molar-refractivity contribution >= 4 is 5.91 Å². The molecule has 0 fully saturated rings. The quantitative estimate of drug-likeness (QED) is 0.909. The molecule has 0 atom stereocenters. The maximum atomic E-state index is 12.6. The van der Waals surface area contributed by atoms with E-state index in [4.69, 9.17) is 4.74 Å². The number of hydrogen-bond donors (Lipinski definition) is 1. The largest absolute Gasteiger partial charge is 0.416 e. The Kier molecular flexibility index (Phi) is 5.39. The van der Waals surface area contributed by atoms with E-state index < -0.39 is 11.7 Å². The molecule has 0 aromatic heterocycles. The fourth-order valence-corrected chi connectivity index (χ4v) is 2.06. The van der Waals surface area contributed by atoms with Gasteiger partial charge in [-0.15, -0.1) is 0 Å². The maximum Gasteiger partial charge on any atom is 0.416 e. The smallest absolute Gasteiger partial charge is 0.380 e. The predicted octanol–water partition coefficient (Wildman–Crippen LogP) is 3.78. The molecule has 6 heteroatoms. The van der Waals surface area contributed by atoms with Gasteiger partial charge in [-0.25, -0.2) is 0 Å². The van der Waals surface area contributed by atoms with Crippen LogP contribution in [0.15, 0.2) is 48.5 Å². The zero-order chi connectivity index (χ0) is 16.9. The third kappa shape index (κ3) is 4.82. The second kappa shape index (κ2) is 7.28. The molecule has 0 aliphatic carbocycles. The Morgan fingerprint density at radius 2 is 1.78 bits per heavy atom. The number of carbonyl (C=O) groups excluding carboxylic acids is 1. The van der Waals surface area contributed by atoms with Gasteiger partial charge in [0.25, 0.3) is 5.91 Å². The summed E-state index contributed by atoms with van der Waals surface area (Å²) in [6, 6.07) is 11.7. The lowest BCUT2D eigenvalue weighted by Crippen LogP contribution is -2.23. The molecular weight excluding hydrogens is 307 g/mol. The highest BCUT2D eigenvalue weighted by atomic mass is 19.4. The van der Waals surface area contributed by atoms with E-state index in [0.29, 0.717) is 17.7 Å². The van der Waals surface area contributed by atoms with Crippen molar-refractivity contribution in [3.05, 3.63) is 70.8 Å². The van der Waals surface area contributed by atoms with Crippen molar-refractivity contribution < 1.29 is 22.7 Å². The van der Waals surface area contributed by atoms with Crippen LogP contribution in [0.2, 0.25) is 0 Å². The molecular formula is C17H16F3NO2. The Morgan fingerprint density at radius 3 is 2.39 bits per heavy atom. The minimum Gasteiger partial charge on any atom is -0.380 e. The van der Waals surface area contributed by atoms with E-state index in [1.165, 1.54) is 12.1 Å². The van der Waals surface area contributed by atoms with E-state index in [0.717, 1.165) is 17.7 Å². The van der Waals surface area contributed by atoms with Crippen LogP contribution in [-0.2, 0) is 24.1 Å². The van der Waals surface area contributed by atoms with E-state index in [-0.39, 0.29) is 12.5 Å². The highest BCUT2D eigenvalue weighted by molar-refractivity contribution is 5.94. The van der Waals surface area contributed by atoms with Crippen molar-refractivity contribution in [3.63, 3.8) is 0 Å². The van der Waals surface area contributed by atoms with Crippen LogP contribution in [0.5, 0.6) is 0 Å². The van der Waals surface area contributed by atoms with E-state index in [1.807, 2.05) is 0 Å². The minimum atomic E-state index is -4.39. The molecule has 1 N–H and O–H groups in total. The van der Waals surface area contributed by atoms with Crippen LogP contribution in [0.4, 0.5) is 13.2 Å². The van der Waals surface area contributed by atoms with E-state index >= 15 is 0 Å². The first-order chi connectivity index (χ1) is 10.9. The molecule has 0 saturated carbocycles. The van der Waals surface area contributed by atoms with Crippen molar-refractivity contribution in [2.24, 2.45) is 0 Å². The lowest BCUT2D eigenvalue weighted by molar-refractivity contribution is -0.137. The molecule has 23 heavy (non-hydrogen) atoms. The Bertz CT molecular complexity index is 666. The Labute approximate surface area is 132 Å². The summed E-state index contributed by atoms with van der Waals surface area (Å²) in [5.41, 5.74) is 1.04. The summed E-state index contributed by atoms with van der Waals surface area (Å²) in [7, 11) is 1.58. The van der Waals surface area contributed by atoms with Crippen molar-refractivity contribution in [2.75, 3.05) is 7.11 Å². The van der Waals surface area contributed by atoms with Crippen LogP contribution in [0.3, 0.4) is 0 Å². The number of amides is 1. The van der Waals surface area contributed by atoms with E-state index in [1.54, 1.807) is 31.4 Å². The fourth-order valence-electron chi connectivity index (χ4n) is 2.06. The molecule has 3 nitrogen and oxygen atoms in total. The highest BCUT2D eigenvalue weighted by Gasteiger charge is 2.30. The average Bonchev–Trinajstić information content (AvgIpc) is 2.53. The summed E-state index contributed by atoms with van der Waals surface area (Å²) >= 11 is 0. The lowest BCUT2D eigenvalue weighted by atomic mass is 10.1. The Morgan fingerprint density at radius 1 is 1.09 bits per heavy atom. The number of rotatable bonds is 5. The van der Waals surface area contributed by atoms with Crippen LogP contribution in [0, 0.1) is 0 Å². The van der Waals surface area contributed by atoms with Gasteiger partial charge in [0.05, 0.1) is 12.2 Å². The summed E-state index contributed by atoms with van der Waals surface area (Å²) in [6.07, 6.45) is -4.39. The Hall–Kier alpha value is -2.34. The number of nitrogens with one attached hydrogen (secondary N) is 1. The van der Waals surface area contributed by atoms with Crippen molar-refractivity contribution in [2.45, 2.75) is 19.3 Å². The molecule has 0 unspecified atom stereocenters. The molecule has 0 aliphatic heterocycles. The summed E-state index contributed by atoms with van der Waals surface area (Å²) in [5, 5.41) is 2.61. The fraction of sp³-hybridized carbons (Fsp3) is 0.235. The average molecular weight is 323 g/mol. The molecule has 1 amide bonds. The highest BCUT2D eigenvalue weighted by Crippen LogP contribution is 2.29. The van der Waals surface area contributed by atoms with Crippen molar-refractivity contribution in [1.82, 2.24) is 5.32 Å². The molecule has 122 valence electrons. The van der Waals surface area contributed by atoms with E-state index in [9.17, 15) is 18.0 Å². The van der Waals surface area contributed by atoms with Gasteiger partial charge in [0.15, 0.2) is 0 Å². The first kappa shape index (κ1) is 17.0. The van der Waals surface area contributed by atoms with Crippen LogP contribution in [0.25, 0.3) is 0 Å². The monoisotopic (exact) mass is 323 g/mol. The van der Waals surface area contributed by atoms with Gasteiger partial charge < -0.3 is 10.1 Å². The molecule has 0 saturated heterocycles. The van der Waals surface area contributed by atoms with Gasteiger partial charge in [0.1, 0.15) is 0 Å². The number of hydrogen-bond acceptors (Lipinski definition) is 2.